The van der Waals surface area contributed by atoms with Crippen LogP contribution in [0.3, 0.4) is 0 Å². The first kappa shape index (κ1) is 22.2. The van der Waals surface area contributed by atoms with Crippen molar-refractivity contribution in [3.05, 3.63) is 65.5 Å². The molecule has 0 saturated heterocycles. The first-order chi connectivity index (χ1) is 15.8. The summed E-state index contributed by atoms with van der Waals surface area (Å²) in [4.78, 5) is 11.5. The van der Waals surface area contributed by atoms with Crippen molar-refractivity contribution in [3.8, 4) is 39.1 Å². The van der Waals surface area contributed by atoms with Crippen molar-refractivity contribution in [2.45, 2.75) is 32.8 Å². The highest BCUT2D eigenvalue weighted by Gasteiger charge is 2.13. The Kier molecular flexibility index (Phi) is 7.66. The number of ether oxygens (including phenoxy) is 1. The number of thiophene rings is 1. The summed E-state index contributed by atoms with van der Waals surface area (Å²) in [5, 5.41) is 8.40. The summed E-state index contributed by atoms with van der Waals surface area (Å²) in [6, 6.07) is 20.2. The molecule has 0 aliphatic heterocycles. The average molecular weight is 451 g/mol. The highest BCUT2D eigenvalue weighted by Crippen LogP contribution is 2.31. The maximum absolute atomic E-state index is 5.89. The highest BCUT2D eigenvalue weighted by atomic mass is 32.1. The van der Waals surface area contributed by atoms with Crippen LogP contribution in [-0.2, 0) is 16.4 Å². The molecule has 0 radical (unpaired) electrons. The van der Waals surface area contributed by atoms with Crippen LogP contribution >= 0.6 is 11.3 Å². The average Bonchev–Trinajstić information content (AvgIpc) is 3.51. The van der Waals surface area contributed by atoms with Gasteiger partial charge in [0.05, 0.1) is 18.6 Å². The van der Waals surface area contributed by atoms with E-state index in [2.05, 4.69) is 46.3 Å². The van der Waals surface area contributed by atoms with E-state index >= 15 is 0 Å². The summed E-state index contributed by atoms with van der Waals surface area (Å²) >= 11 is 1.53. The topological polar surface area (TPSA) is 66.6 Å². The molecule has 0 amide bonds. The molecule has 0 unspecified atom stereocenters. The van der Waals surface area contributed by atoms with Crippen LogP contribution in [0, 0.1) is 0 Å². The second-order valence-electron chi connectivity index (χ2n) is 7.26. The molecule has 2 aromatic carbocycles. The van der Waals surface area contributed by atoms with Gasteiger partial charge in [0, 0.05) is 10.4 Å². The van der Waals surface area contributed by atoms with Crippen LogP contribution in [0.15, 0.2) is 65.1 Å². The molecular weight excluding hydrogens is 424 g/mol. The van der Waals surface area contributed by atoms with Crippen molar-refractivity contribution in [1.29, 1.82) is 0 Å². The predicted molar refractivity (Wildman–Crippen MR) is 125 cm³/mol. The molecule has 4 rings (SSSR count). The lowest BCUT2D eigenvalue weighted by Crippen LogP contribution is -1.96. The van der Waals surface area contributed by atoms with Crippen LogP contribution < -0.4 is 4.74 Å². The molecule has 0 saturated carbocycles. The van der Waals surface area contributed by atoms with Gasteiger partial charge in [-0.15, -0.1) is 21.5 Å². The molecule has 32 heavy (non-hydrogen) atoms. The molecule has 2 heterocycles. The van der Waals surface area contributed by atoms with E-state index < -0.39 is 0 Å². The molecule has 7 heteroatoms. The van der Waals surface area contributed by atoms with Crippen LogP contribution in [-0.4, -0.2) is 23.9 Å². The maximum Gasteiger partial charge on any atom is 0.258 e. The van der Waals surface area contributed by atoms with Crippen molar-refractivity contribution < 1.29 is 18.9 Å². The fourth-order valence-corrected chi connectivity index (χ4v) is 4.05. The quantitative estimate of drug-likeness (QED) is 0.143. The third kappa shape index (κ3) is 5.62. The van der Waals surface area contributed by atoms with Gasteiger partial charge in [0.2, 0.25) is 5.89 Å². The first-order valence-corrected chi connectivity index (χ1v) is 11.5. The fraction of sp³-hybridized carbons (Fsp3) is 0.280. The number of hydrogen-bond acceptors (Lipinski definition) is 7. The number of nitrogens with zero attached hydrogens (tertiary/aromatic N) is 2. The van der Waals surface area contributed by atoms with Crippen LogP contribution in [0.4, 0.5) is 0 Å². The van der Waals surface area contributed by atoms with Crippen LogP contribution in [0.1, 0.15) is 31.1 Å². The zero-order valence-electron chi connectivity index (χ0n) is 18.2. The van der Waals surface area contributed by atoms with Crippen molar-refractivity contribution in [1.82, 2.24) is 10.2 Å². The monoisotopic (exact) mass is 450 g/mol. The third-order valence-electron chi connectivity index (χ3n) is 4.95. The molecule has 0 N–H and O–H groups in total. The molecule has 0 spiro atoms. The van der Waals surface area contributed by atoms with Gasteiger partial charge in [0.25, 0.3) is 5.89 Å². The minimum absolute atomic E-state index is 0.385. The minimum Gasteiger partial charge on any atom is -0.494 e. The predicted octanol–water partition coefficient (Wildman–Crippen LogP) is 6.78. The smallest absolute Gasteiger partial charge is 0.258 e. The summed E-state index contributed by atoms with van der Waals surface area (Å²) < 4.78 is 11.7. The van der Waals surface area contributed by atoms with Gasteiger partial charge in [0.1, 0.15) is 12.4 Å². The summed E-state index contributed by atoms with van der Waals surface area (Å²) in [7, 11) is 1.49. The SMILES string of the molecule is CCCCCOc1ccc(-c2ccc(-c3nnc(-c4ccc(COOC)s4)o3)cc2)cc1. The number of benzene rings is 2. The lowest BCUT2D eigenvalue weighted by atomic mass is 10.0. The third-order valence-corrected chi connectivity index (χ3v) is 6.00. The molecule has 2 aromatic heterocycles. The number of hydrogen-bond donors (Lipinski definition) is 0. The first-order valence-electron chi connectivity index (χ1n) is 10.7. The van der Waals surface area contributed by atoms with Crippen molar-refractivity contribution in [2.24, 2.45) is 0 Å². The second kappa shape index (κ2) is 11.0. The van der Waals surface area contributed by atoms with Gasteiger partial charge in [-0.25, -0.2) is 9.78 Å². The van der Waals surface area contributed by atoms with E-state index in [1.54, 1.807) is 0 Å². The number of rotatable bonds is 11. The molecule has 4 aromatic rings. The molecule has 0 atom stereocenters. The Bertz CT molecular complexity index is 1100. The van der Waals surface area contributed by atoms with Gasteiger partial charge in [-0.3, -0.25) is 0 Å². The van der Waals surface area contributed by atoms with Gasteiger partial charge in [-0.2, -0.15) is 0 Å². The fourth-order valence-electron chi connectivity index (χ4n) is 3.22. The van der Waals surface area contributed by atoms with E-state index in [9.17, 15) is 0 Å². The maximum atomic E-state index is 5.89. The summed E-state index contributed by atoms with van der Waals surface area (Å²) in [6.07, 6.45) is 3.49. The van der Waals surface area contributed by atoms with Crippen molar-refractivity contribution in [2.75, 3.05) is 13.7 Å². The van der Waals surface area contributed by atoms with Gasteiger partial charge < -0.3 is 9.15 Å². The largest absolute Gasteiger partial charge is 0.494 e. The second-order valence-corrected chi connectivity index (χ2v) is 8.43. The molecule has 0 fully saturated rings. The Morgan fingerprint density at radius 2 is 1.50 bits per heavy atom. The van der Waals surface area contributed by atoms with Gasteiger partial charge >= 0.3 is 0 Å². The molecule has 6 nitrogen and oxygen atoms in total. The van der Waals surface area contributed by atoms with E-state index in [0.717, 1.165) is 45.2 Å². The minimum atomic E-state index is 0.385. The lowest BCUT2D eigenvalue weighted by molar-refractivity contribution is -0.281. The Balaban J connectivity index is 1.40. The summed E-state index contributed by atoms with van der Waals surface area (Å²) in [6.45, 7) is 3.34. The lowest BCUT2D eigenvalue weighted by Gasteiger charge is -2.07. The Hall–Kier alpha value is -3.00. The van der Waals surface area contributed by atoms with Gasteiger partial charge in [-0.05, 0) is 53.9 Å². The highest BCUT2D eigenvalue weighted by molar-refractivity contribution is 7.15. The van der Waals surface area contributed by atoms with Crippen LogP contribution in [0.2, 0.25) is 0 Å². The molecule has 0 bridgehead atoms. The van der Waals surface area contributed by atoms with Crippen molar-refractivity contribution in [3.63, 3.8) is 0 Å². The van der Waals surface area contributed by atoms with E-state index in [1.807, 2.05) is 36.4 Å². The summed E-state index contributed by atoms with van der Waals surface area (Å²) in [5.74, 6) is 1.89. The van der Waals surface area contributed by atoms with Gasteiger partial charge in [-0.1, -0.05) is 44.0 Å². The number of aromatic nitrogens is 2. The normalized spacial score (nSPS) is 11.1. The Morgan fingerprint density at radius 1 is 0.812 bits per heavy atom. The number of unbranched alkanes of at least 4 members (excludes halogenated alkanes) is 2. The Labute approximate surface area is 191 Å². The van der Waals surface area contributed by atoms with E-state index in [0.29, 0.717) is 18.4 Å². The molecule has 0 aliphatic carbocycles. The molecular formula is C25H26N2O4S. The van der Waals surface area contributed by atoms with E-state index in [-0.39, 0.29) is 0 Å². The van der Waals surface area contributed by atoms with E-state index in [4.69, 9.17) is 14.0 Å². The van der Waals surface area contributed by atoms with Crippen LogP contribution in [0.5, 0.6) is 5.75 Å². The molecule has 166 valence electrons. The van der Waals surface area contributed by atoms with Crippen molar-refractivity contribution >= 4 is 11.3 Å². The Morgan fingerprint density at radius 3 is 2.22 bits per heavy atom. The van der Waals surface area contributed by atoms with E-state index in [1.165, 1.54) is 31.3 Å². The standard InChI is InChI=1S/C25H26N2O4S/c1-3-4-5-16-29-21-12-10-19(11-13-21)18-6-8-20(9-7-18)24-26-27-25(31-24)23-15-14-22(32-23)17-30-28-2/h6-15H,3-5,16-17H2,1-2H3. The zero-order valence-corrected chi connectivity index (χ0v) is 19.1. The zero-order chi connectivity index (χ0) is 22.2. The van der Waals surface area contributed by atoms with Gasteiger partial charge in [0.15, 0.2) is 0 Å². The van der Waals surface area contributed by atoms with Crippen LogP contribution in [0.25, 0.3) is 33.3 Å². The summed E-state index contributed by atoms with van der Waals surface area (Å²) in [5.41, 5.74) is 3.13. The molecule has 0 aliphatic rings.